The lowest BCUT2D eigenvalue weighted by molar-refractivity contribution is -0.119. The number of aryl methyl sites for hydroxylation is 1. The number of anilines is 2. The van der Waals surface area contributed by atoms with Gasteiger partial charge in [0.05, 0.1) is 12.6 Å². The molecule has 2 atom stereocenters. The molecule has 2 unspecified atom stereocenters. The van der Waals surface area contributed by atoms with Crippen molar-refractivity contribution in [1.29, 1.82) is 0 Å². The van der Waals surface area contributed by atoms with Gasteiger partial charge in [-0.1, -0.05) is 6.07 Å². The van der Waals surface area contributed by atoms with Gasteiger partial charge in [0.25, 0.3) is 0 Å². The average molecular weight is 289 g/mol. The van der Waals surface area contributed by atoms with Crippen molar-refractivity contribution in [3.05, 3.63) is 23.8 Å². The van der Waals surface area contributed by atoms with Crippen molar-refractivity contribution in [2.45, 2.75) is 50.8 Å². The lowest BCUT2D eigenvalue weighted by Gasteiger charge is -2.36. The van der Waals surface area contributed by atoms with E-state index >= 15 is 0 Å². The molecule has 5 nitrogen and oxygen atoms in total. The van der Waals surface area contributed by atoms with Crippen LogP contribution in [0.5, 0.6) is 0 Å². The van der Waals surface area contributed by atoms with Crippen LogP contribution in [-0.4, -0.2) is 40.6 Å². The maximum absolute atomic E-state index is 12.2. The zero-order chi connectivity index (χ0) is 15.0. The van der Waals surface area contributed by atoms with Gasteiger partial charge in [-0.2, -0.15) is 0 Å². The van der Waals surface area contributed by atoms with Gasteiger partial charge in [0.1, 0.15) is 0 Å². The monoisotopic (exact) mass is 289 g/mol. The number of nitrogens with one attached hydrogen (secondary N) is 1. The van der Waals surface area contributed by atoms with E-state index in [-0.39, 0.29) is 12.0 Å². The molecule has 5 heteroatoms. The Balaban J connectivity index is 1.60. The summed E-state index contributed by atoms with van der Waals surface area (Å²) >= 11 is 0. The third-order valence-electron chi connectivity index (χ3n) is 4.75. The maximum atomic E-state index is 12.2. The van der Waals surface area contributed by atoms with E-state index in [4.69, 9.17) is 5.73 Å². The lowest BCUT2D eigenvalue weighted by atomic mass is 10.00. The number of nitrogens with zero attached hydrogens (tertiary/aromatic N) is 1. The molecule has 2 heterocycles. The molecule has 0 spiro atoms. The van der Waals surface area contributed by atoms with Crippen LogP contribution < -0.4 is 11.1 Å². The first-order chi connectivity index (χ1) is 10.0. The highest BCUT2D eigenvalue weighted by molar-refractivity contribution is 5.92. The van der Waals surface area contributed by atoms with E-state index in [1.54, 1.807) is 6.07 Å². The van der Waals surface area contributed by atoms with Gasteiger partial charge in [0.2, 0.25) is 5.91 Å². The predicted octanol–water partition coefficient (Wildman–Crippen LogP) is 1.50. The molecule has 2 aliphatic heterocycles. The molecule has 2 bridgehead atoms. The number of aliphatic hydroxyl groups is 1. The zero-order valence-corrected chi connectivity index (χ0v) is 12.4. The number of nitrogen functional groups attached to an aromatic ring is 1. The minimum Gasteiger partial charge on any atom is -0.398 e. The Bertz CT molecular complexity index is 532. The van der Waals surface area contributed by atoms with Crippen molar-refractivity contribution >= 4 is 17.3 Å². The third-order valence-corrected chi connectivity index (χ3v) is 4.75. The molecule has 21 heavy (non-hydrogen) atoms. The van der Waals surface area contributed by atoms with Gasteiger partial charge >= 0.3 is 0 Å². The fraction of sp³-hybridized carbons (Fsp3) is 0.562. The van der Waals surface area contributed by atoms with Gasteiger partial charge < -0.3 is 16.2 Å². The fourth-order valence-corrected chi connectivity index (χ4v) is 3.59. The van der Waals surface area contributed by atoms with Crippen molar-refractivity contribution in [2.24, 2.45) is 0 Å². The van der Waals surface area contributed by atoms with Gasteiger partial charge in [-0.15, -0.1) is 0 Å². The molecule has 2 aliphatic rings. The maximum Gasteiger partial charge on any atom is 0.238 e. The Morgan fingerprint density at radius 1 is 1.38 bits per heavy atom. The molecule has 1 aromatic carbocycles. The van der Waals surface area contributed by atoms with Crippen LogP contribution in [0.1, 0.15) is 31.2 Å². The van der Waals surface area contributed by atoms with Crippen molar-refractivity contribution in [1.82, 2.24) is 4.90 Å². The molecule has 1 aromatic rings. The number of amides is 1. The van der Waals surface area contributed by atoms with Crippen molar-refractivity contribution in [3.8, 4) is 0 Å². The predicted molar refractivity (Wildman–Crippen MR) is 83.0 cm³/mol. The van der Waals surface area contributed by atoms with Gasteiger partial charge in [-0.05, 0) is 50.3 Å². The smallest absolute Gasteiger partial charge is 0.238 e. The highest BCUT2D eigenvalue weighted by Gasteiger charge is 2.40. The molecule has 1 amide bonds. The van der Waals surface area contributed by atoms with Crippen LogP contribution in [0.3, 0.4) is 0 Å². The summed E-state index contributed by atoms with van der Waals surface area (Å²) in [6.07, 6.45) is 3.57. The lowest BCUT2D eigenvalue weighted by Crippen LogP contribution is -2.47. The summed E-state index contributed by atoms with van der Waals surface area (Å²) in [4.78, 5) is 14.5. The number of nitrogens with two attached hydrogens (primary N) is 1. The summed E-state index contributed by atoms with van der Waals surface area (Å²) < 4.78 is 0. The van der Waals surface area contributed by atoms with E-state index in [0.29, 0.717) is 24.3 Å². The number of hydrogen-bond donors (Lipinski definition) is 3. The molecule has 0 radical (unpaired) electrons. The molecule has 2 fully saturated rings. The van der Waals surface area contributed by atoms with Crippen molar-refractivity contribution in [3.63, 3.8) is 0 Å². The first-order valence-corrected chi connectivity index (χ1v) is 7.62. The molecule has 0 aliphatic carbocycles. The second kappa shape index (κ2) is 5.66. The third kappa shape index (κ3) is 3.04. The summed E-state index contributed by atoms with van der Waals surface area (Å²) in [5, 5.41) is 12.7. The van der Waals surface area contributed by atoms with E-state index in [9.17, 15) is 9.90 Å². The average Bonchev–Trinajstić information content (AvgIpc) is 2.67. The number of carbonyl (C=O) groups excluding carboxylic acids is 1. The van der Waals surface area contributed by atoms with E-state index < -0.39 is 0 Å². The first-order valence-electron chi connectivity index (χ1n) is 7.62. The molecule has 4 N–H and O–H groups in total. The van der Waals surface area contributed by atoms with Crippen molar-refractivity contribution in [2.75, 3.05) is 17.6 Å². The largest absolute Gasteiger partial charge is 0.398 e. The van der Waals surface area contributed by atoms with E-state index in [2.05, 4.69) is 10.2 Å². The molecular formula is C16H23N3O2. The van der Waals surface area contributed by atoms with E-state index in [1.807, 2.05) is 19.1 Å². The number of rotatable bonds is 3. The SMILES string of the molecule is Cc1ccc(NC(=O)CN2C3CCC2CC(O)C3)cc1N. The van der Waals surface area contributed by atoms with E-state index in [0.717, 1.165) is 36.9 Å². The summed E-state index contributed by atoms with van der Waals surface area (Å²) in [7, 11) is 0. The molecule has 3 rings (SSSR count). The minimum atomic E-state index is -0.196. The standard InChI is InChI=1S/C16H23N3O2/c1-10-2-3-11(6-15(10)17)18-16(21)9-19-12-4-5-13(19)8-14(20)7-12/h2-3,6,12-14,20H,4-5,7-9,17H2,1H3,(H,18,21). The zero-order valence-electron chi connectivity index (χ0n) is 12.4. The van der Waals surface area contributed by atoms with Gasteiger partial charge in [-0.3, -0.25) is 9.69 Å². The summed E-state index contributed by atoms with van der Waals surface area (Å²) in [5.41, 5.74) is 8.30. The highest BCUT2D eigenvalue weighted by atomic mass is 16.3. The number of fused-ring (bicyclic) bond motifs is 2. The topological polar surface area (TPSA) is 78.6 Å². The Hall–Kier alpha value is -1.59. The minimum absolute atomic E-state index is 0.00783. The van der Waals surface area contributed by atoms with Gasteiger partial charge in [0.15, 0.2) is 0 Å². The van der Waals surface area contributed by atoms with Crippen LogP contribution >= 0.6 is 0 Å². The van der Waals surface area contributed by atoms with Crippen molar-refractivity contribution < 1.29 is 9.90 Å². The molecule has 0 saturated carbocycles. The Labute approximate surface area is 125 Å². The van der Waals surface area contributed by atoms with Gasteiger partial charge in [0, 0.05) is 23.5 Å². The van der Waals surface area contributed by atoms with E-state index in [1.165, 1.54) is 0 Å². The first kappa shape index (κ1) is 14.4. The van der Waals surface area contributed by atoms with Crippen LogP contribution in [0, 0.1) is 6.92 Å². The van der Waals surface area contributed by atoms with Crippen LogP contribution in [0.25, 0.3) is 0 Å². The number of carbonyl (C=O) groups is 1. The summed E-state index contributed by atoms with van der Waals surface area (Å²) in [6.45, 7) is 2.34. The molecule has 114 valence electrons. The molecule has 2 saturated heterocycles. The normalized spacial score (nSPS) is 28.6. The number of piperidine rings is 1. The van der Waals surface area contributed by atoms with Crippen LogP contribution in [-0.2, 0) is 4.79 Å². The molecule has 0 aromatic heterocycles. The number of hydrogen-bond acceptors (Lipinski definition) is 4. The molecular weight excluding hydrogens is 266 g/mol. The van der Waals surface area contributed by atoms with Crippen LogP contribution in [0.2, 0.25) is 0 Å². The second-order valence-corrected chi connectivity index (χ2v) is 6.30. The number of aliphatic hydroxyl groups excluding tert-OH is 1. The quantitative estimate of drug-likeness (QED) is 0.737. The fourth-order valence-electron chi connectivity index (χ4n) is 3.59. The summed E-state index contributed by atoms with van der Waals surface area (Å²) in [6, 6.07) is 6.28. The number of benzene rings is 1. The Morgan fingerprint density at radius 3 is 2.67 bits per heavy atom. The second-order valence-electron chi connectivity index (χ2n) is 6.30. The van der Waals surface area contributed by atoms with Crippen LogP contribution in [0.15, 0.2) is 18.2 Å². The Kier molecular flexibility index (Phi) is 3.87. The highest BCUT2D eigenvalue weighted by Crippen LogP contribution is 2.35. The van der Waals surface area contributed by atoms with Gasteiger partial charge in [-0.25, -0.2) is 0 Å². The summed E-state index contributed by atoms with van der Waals surface area (Å²) in [5.74, 6) is -0.00783. The Morgan fingerprint density at radius 2 is 2.05 bits per heavy atom. The van der Waals surface area contributed by atoms with Crippen LogP contribution in [0.4, 0.5) is 11.4 Å².